The summed E-state index contributed by atoms with van der Waals surface area (Å²) in [5, 5.41) is 23.0. The lowest BCUT2D eigenvalue weighted by atomic mass is 9.90. The van der Waals surface area contributed by atoms with Crippen molar-refractivity contribution in [3.8, 4) is 6.07 Å². The lowest BCUT2D eigenvalue weighted by Gasteiger charge is -2.16. The van der Waals surface area contributed by atoms with E-state index in [1.807, 2.05) is 6.08 Å². The highest BCUT2D eigenvalue weighted by atomic mass is 16.6. The van der Waals surface area contributed by atoms with E-state index in [2.05, 4.69) is 18.1 Å². The van der Waals surface area contributed by atoms with Gasteiger partial charge >= 0.3 is 0 Å². The van der Waals surface area contributed by atoms with Gasteiger partial charge in [0.15, 0.2) is 5.78 Å². The molecule has 2 rings (SSSR count). The fourth-order valence-electron chi connectivity index (χ4n) is 3.99. The van der Waals surface area contributed by atoms with Gasteiger partial charge in [-0.3, -0.25) is 4.79 Å². The molecule has 0 saturated heterocycles. The van der Waals surface area contributed by atoms with Gasteiger partial charge in [0.05, 0.1) is 17.9 Å². The minimum atomic E-state index is -0.354. The van der Waals surface area contributed by atoms with Gasteiger partial charge in [-0.15, -0.1) is 0 Å². The van der Waals surface area contributed by atoms with Crippen molar-refractivity contribution in [3.05, 3.63) is 12.2 Å². The van der Waals surface area contributed by atoms with Crippen LogP contribution in [0.1, 0.15) is 64.7 Å². The van der Waals surface area contributed by atoms with E-state index in [9.17, 15) is 9.90 Å². The first-order chi connectivity index (χ1) is 12.2. The molecule has 0 heterocycles. The van der Waals surface area contributed by atoms with Gasteiger partial charge in [-0.25, -0.2) is 0 Å². The lowest BCUT2D eigenvalue weighted by molar-refractivity contribution is -0.114. The smallest absolute Gasteiger partial charge is 0.155 e. The molecule has 0 bridgehead atoms. The summed E-state index contributed by atoms with van der Waals surface area (Å²) in [4.78, 5) is 17.2. The number of carbonyl (C=O) groups excluding carboxylic acids is 1. The fraction of sp³-hybridized carbons (Fsp3) is 0.750. The number of aliphatic hydroxyl groups is 1. The van der Waals surface area contributed by atoms with Crippen molar-refractivity contribution in [1.29, 1.82) is 5.26 Å². The molecular weight excluding hydrogens is 316 g/mol. The third-order valence-corrected chi connectivity index (χ3v) is 5.31. The molecule has 0 radical (unpaired) electrons. The van der Waals surface area contributed by atoms with Crippen LogP contribution in [0.15, 0.2) is 17.3 Å². The second-order valence-corrected chi connectivity index (χ2v) is 7.25. The standard InChI is InChI=1S/C20H30N2O3/c1-2-3-4-7-17(23)8-9-18-19-14-16(12-15(19)13-20(18)24)22-25-11-6-5-10-21/h8-9,15,18-20,24H,2-7,11-14H2,1H3/b9-8?,22-16+/t15-,18+,19+,20+/m0/s1. The topological polar surface area (TPSA) is 82.7 Å². The minimum absolute atomic E-state index is 0.0476. The monoisotopic (exact) mass is 346 g/mol. The average molecular weight is 346 g/mol. The number of ketones is 1. The quantitative estimate of drug-likeness (QED) is 0.371. The number of fused-ring (bicyclic) bond motifs is 1. The number of aliphatic hydroxyl groups excluding tert-OH is 1. The van der Waals surface area contributed by atoms with Gasteiger partial charge in [-0.2, -0.15) is 5.26 Å². The summed E-state index contributed by atoms with van der Waals surface area (Å²) in [5.74, 6) is 1.00. The third kappa shape index (κ3) is 5.97. The first-order valence-electron chi connectivity index (χ1n) is 9.59. The number of nitrogens with zero attached hydrogens (tertiary/aromatic N) is 2. The van der Waals surface area contributed by atoms with Crippen LogP contribution in [0.2, 0.25) is 0 Å². The Labute approximate surface area is 150 Å². The predicted octanol–water partition coefficient (Wildman–Crippen LogP) is 3.78. The molecular formula is C20H30N2O3. The Kier molecular flexibility index (Phi) is 8.14. The zero-order chi connectivity index (χ0) is 18.1. The molecule has 0 aromatic heterocycles. The van der Waals surface area contributed by atoms with Crippen LogP contribution in [-0.4, -0.2) is 29.3 Å². The van der Waals surface area contributed by atoms with Crippen molar-refractivity contribution in [1.82, 2.24) is 0 Å². The molecule has 0 aromatic carbocycles. The molecule has 0 aliphatic heterocycles. The largest absolute Gasteiger partial charge is 0.396 e. The first kappa shape index (κ1) is 19.7. The number of hydrogen-bond acceptors (Lipinski definition) is 5. The Morgan fingerprint density at radius 3 is 3.00 bits per heavy atom. The summed E-state index contributed by atoms with van der Waals surface area (Å²) in [6, 6.07) is 2.09. The molecule has 0 spiro atoms. The zero-order valence-electron chi connectivity index (χ0n) is 15.2. The number of nitriles is 1. The number of rotatable bonds is 10. The minimum Gasteiger partial charge on any atom is -0.396 e. The lowest BCUT2D eigenvalue weighted by Crippen LogP contribution is -2.18. The second kappa shape index (κ2) is 10.4. The Morgan fingerprint density at radius 1 is 1.40 bits per heavy atom. The number of hydrogen-bond donors (Lipinski definition) is 1. The van der Waals surface area contributed by atoms with E-state index in [0.29, 0.717) is 37.7 Å². The Balaban J connectivity index is 1.82. The van der Waals surface area contributed by atoms with Crippen molar-refractivity contribution >= 4 is 11.5 Å². The molecule has 2 saturated carbocycles. The van der Waals surface area contributed by atoms with E-state index in [4.69, 9.17) is 10.1 Å². The molecule has 2 aliphatic rings. The van der Waals surface area contributed by atoms with Crippen molar-refractivity contribution in [2.75, 3.05) is 6.61 Å². The van der Waals surface area contributed by atoms with Gasteiger partial charge in [0, 0.05) is 18.8 Å². The van der Waals surface area contributed by atoms with Crippen molar-refractivity contribution in [2.24, 2.45) is 22.9 Å². The van der Waals surface area contributed by atoms with Gasteiger partial charge in [0.2, 0.25) is 0 Å². The van der Waals surface area contributed by atoms with Crippen LogP contribution in [0.5, 0.6) is 0 Å². The van der Waals surface area contributed by atoms with Crippen LogP contribution in [-0.2, 0) is 9.63 Å². The van der Waals surface area contributed by atoms with E-state index in [1.165, 1.54) is 0 Å². The third-order valence-electron chi connectivity index (χ3n) is 5.31. The number of carbonyl (C=O) groups is 1. The molecule has 5 heteroatoms. The van der Waals surface area contributed by atoms with Gasteiger partial charge in [0.1, 0.15) is 6.61 Å². The molecule has 2 aliphatic carbocycles. The van der Waals surface area contributed by atoms with Gasteiger partial charge in [-0.05, 0) is 50.0 Å². The summed E-state index contributed by atoms with van der Waals surface area (Å²) < 4.78 is 0. The summed E-state index contributed by atoms with van der Waals surface area (Å²) >= 11 is 0. The molecule has 0 amide bonds. The zero-order valence-corrected chi connectivity index (χ0v) is 15.2. The van der Waals surface area contributed by atoms with Crippen molar-refractivity contribution in [2.45, 2.75) is 70.8 Å². The van der Waals surface area contributed by atoms with Crippen LogP contribution in [0, 0.1) is 29.1 Å². The number of allylic oxidation sites excluding steroid dienone is 1. The molecule has 25 heavy (non-hydrogen) atoms. The maximum atomic E-state index is 11.9. The van der Waals surface area contributed by atoms with Gasteiger partial charge in [-0.1, -0.05) is 31.0 Å². The maximum Gasteiger partial charge on any atom is 0.155 e. The maximum absolute atomic E-state index is 11.9. The molecule has 0 unspecified atom stereocenters. The van der Waals surface area contributed by atoms with E-state index in [0.717, 1.165) is 44.2 Å². The number of unbranched alkanes of at least 4 members (excludes halogenated alkanes) is 3. The molecule has 0 aromatic rings. The highest BCUT2D eigenvalue weighted by molar-refractivity contribution is 5.89. The van der Waals surface area contributed by atoms with Crippen LogP contribution in [0.25, 0.3) is 0 Å². The predicted molar refractivity (Wildman–Crippen MR) is 96.9 cm³/mol. The normalized spacial score (nSPS) is 29.9. The molecule has 2 fully saturated rings. The Hall–Kier alpha value is -1.67. The Morgan fingerprint density at radius 2 is 2.24 bits per heavy atom. The van der Waals surface area contributed by atoms with E-state index in [-0.39, 0.29) is 17.8 Å². The highest BCUT2D eigenvalue weighted by Crippen LogP contribution is 2.47. The summed E-state index contributed by atoms with van der Waals surface area (Å²) in [7, 11) is 0. The van der Waals surface area contributed by atoms with Crippen LogP contribution in [0.4, 0.5) is 0 Å². The fourth-order valence-corrected chi connectivity index (χ4v) is 3.99. The second-order valence-electron chi connectivity index (χ2n) is 7.25. The molecule has 138 valence electrons. The highest BCUT2D eigenvalue weighted by Gasteiger charge is 2.46. The van der Waals surface area contributed by atoms with E-state index in [1.54, 1.807) is 6.08 Å². The van der Waals surface area contributed by atoms with E-state index < -0.39 is 0 Å². The van der Waals surface area contributed by atoms with E-state index >= 15 is 0 Å². The van der Waals surface area contributed by atoms with Crippen molar-refractivity contribution < 1.29 is 14.7 Å². The first-order valence-corrected chi connectivity index (χ1v) is 9.59. The van der Waals surface area contributed by atoms with Crippen LogP contribution in [0.3, 0.4) is 0 Å². The number of oxime groups is 1. The van der Waals surface area contributed by atoms with Gasteiger partial charge < -0.3 is 9.94 Å². The molecule has 1 N–H and O–H groups in total. The van der Waals surface area contributed by atoms with Crippen molar-refractivity contribution in [3.63, 3.8) is 0 Å². The Bertz CT molecular complexity index is 536. The SMILES string of the molecule is CCCCCC(=O)C=C[C@@H]1[C@@H]2C/C(=N/OCCCC#N)C[C@H]2C[C@H]1O. The molecule has 5 nitrogen and oxygen atoms in total. The summed E-state index contributed by atoms with van der Waals surface area (Å²) in [6.07, 6.45) is 10.7. The summed E-state index contributed by atoms with van der Waals surface area (Å²) in [6.45, 7) is 2.60. The van der Waals surface area contributed by atoms with Gasteiger partial charge in [0.25, 0.3) is 0 Å². The van der Waals surface area contributed by atoms with Crippen LogP contribution < -0.4 is 0 Å². The molecule has 4 atom stereocenters. The van der Waals surface area contributed by atoms with Crippen LogP contribution >= 0.6 is 0 Å². The average Bonchev–Trinajstić information content (AvgIpc) is 3.09. The summed E-state index contributed by atoms with van der Waals surface area (Å²) in [5.41, 5.74) is 1.05.